The predicted octanol–water partition coefficient (Wildman–Crippen LogP) is -0.138. The van der Waals surface area contributed by atoms with E-state index in [0.717, 1.165) is 0 Å². The van der Waals surface area contributed by atoms with Gasteiger partial charge in [-0.05, 0) is 6.92 Å². The van der Waals surface area contributed by atoms with E-state index in [1.807, 2.05) is 0 Å². The molecule has 0 aliphatic rings. The number of aliphatic hydroxyl groups excluding tert-OH is 1. The third-order valence-electron chi connectivity index (χ3n) is 0.457. The maximum absolute atomic E-state index is 10.0. The Morgan fingerprint density at radius 3 is 2.25 bits per heavy atom. The van der Waals surface area contributed by atoms with Gasteiger partial charge in [0.2, 0.25) is 0 Å². The maximum Gasteiger partial charge on any atom is 0.336 e. The summed E-state index contributed by atoms with van der Waals surface area (Å²) in [5, 5.41) is 8.33. The molecular weight excluding hydrogens is 129 g/mol. The second kappa shape index (κ2) is 4.97. The first-order valence-electron chi connectivity index (χ1n) is 1.77. The molecule has 0 saturated carbocycles. The molecule has 8 heavy (non-hydrogen) atoms. The summed E-state index contributed by atoms with van der Waals surface area (Å²) < 4.78 is 4.04. The van der Waals surface area contributed by atoms with Crippen molar-refractivity contribution in [1.29, 1.82) is 0 Å². The van der Waals surface area contributed by atoms with Crippen LogP contribution in [0.4, 0.5) is 0 Å². The van der Waals surface area contributed by atoms with Crippen LogP contribution in [0.2, 0.25) is 0 Å². The Hall–Kier alpha value is -0.180. The summed E-state index contributed by atoms with van der Waals surface area (Å²) in [6.07, 6.45) is -1.02. The second-order valence-electron chi connectivity index (χ2n) is 1.11. The number of aliphatic hydroxyl groups is 1. The lowest BCUT2D eigenvalue weighted by atomic mass is 10.4. The molecule has 0 amide bonds. The lowest BCUT2D eigenvalue weighted by Gasteiger charge is -1.96. The van der Waals surface area contributed by atoms with Gasteiger partial charge in [-0.15, -0.1) is 0 Å². The monoisotopic (exact) mass is 139 g/mol. The minimum atomic E-state index is -1.02. The molecule has 0 saturated heterocycles. The number of carbonyl (C=O) groups excluding carboxylic acids is 1. The number of rotatable bonds is 1. The Morgan fingerprint density at radius 1 is 1.88 bits per heavy atom. The third kappa shape index (κ3) is 3.99. The molecule has 0 fully saturated rings. The van der Waals surface area contributed by atoms with Gasteiger partial charge in [0, 0.05) is 0 Å². The van der Waals surface area contributed by atoms with E-state index in [-0.39, 0.29) is 6.15 Å². The molecule has 2 unspecified atom stereocenters. The summed E-state index contributed by atoms with van der Waals surface area (Å²) in [7, 11) is 1.75. The molecule has 0 radical (unpaired) electrons. The molecule has 0 spiro atoms. The van der Waals surface area contributed by atoms with Gasteiger partial charge in [0.1, 0.15) is 6.10 Å². The van der Waals surface area contributed by atoms with Crippen molar-refractivity contribution in [2.45, 2.75) is 13.0 Å². The van der Waals surface area contributed by atoms with Crippen LogP contribution in [-0.4, -0.2) is 17.2 Å². The van der Waals surface area contributed by atoms with Gasteiger partial charge in [-0.25, -0.2) is 4.79 Å². The molecule has 5 heteroatoms. The first kappa shape index (κ1) is 10.7. The second-order valence-corrected chi connectivity index (χ2v) is 1.35. The smallest absolute Gasteiger partial charge is 0.336 e. The van der Waals surface area contributed by atoms with Gasteiger partial charge >= 0.3 is 5.97 Å². The van der Waals surface area contributed by atoms with Crippen LogP contribution in [0.5, 0.6) is 0 Å². The van der Waals surface area contributed by atoms with Gasteiger partial charge in [-0.3, -0.25) is 0 Å². The van der Waals surface area contributed by atoms with E-state index in [2.05, 4.69) is 4.52 Å². The van der Waals surface area contributed by atoms with Crippen LogP contribution in [0.25, 0.3) is 0 Å². The fourth-order valence-electron chi connectivity index (χ4n) is 0.0985. The van der Waals surface area contributed by atoms with Crippen molar-refractivity contribution < 1.29 is 14.4 Å². The average molecular weight is 139 g/mol. The van der Waals surface area contributed by atoms with Gasteiger partial charge in [0.25, 0.3) is 0 Å². The highest BCUT2D eigenvalue weighted by atomic mass is 31.0. The lowest BCUT2D eigenvalue weighted by Crippen LogP contribution is -2.14. The molecule has 0 rings (SSSR count). The molecule has 0 aliphatic heterocycles. The molecular formula is C3H10NO3P. The molecule has 0 aromatic heterocycles. The van der Waals surface area contributed by atoms with Crippen LogP contribution in [0.1, 0.15) is 6.92 Å². The predicted molar refractivity (Wildman–Crippen MR) is 32.5 cm³/mol. The van der Waals surface area contributed by atoms with Crippen LogP contribution in [0.3, 0.4) is 0 Å². The summed E-state index contributed by atoms with van der Waals surface area (Å²) in [6, 6.07) is 0. The minimum absolute atomic E-state index is 0. The molecule has 0 bridgehead atoms. The van der Waals surface area contributed by atoms with Gasteiger partial charge in [-0.2, -0.15) is 0 Å². The van der Waals surface area contributed by atoms with E-state index in [9.17, 15) is 4.79 Å². The molecule has 0 aromatic rings. The Labute approximate surface area is 50.1 Å². The summed E-state index contributed by atoms with van der Waals surface area (Å²) in [5.74, 6) is -0.634. The minimum Gasteiger partial charge on any atom is -0.450 e. The van der Waals surface area contributed by atoms with E-state index in [4.69, 9.17) is 5.11 Å². The van der Waals surface area contributed by atoms with E-state index >= 15 is 0 Å². The van der Waals surface area contributed by atoms with Crippen molar-refractivity contribution >= 4 is 15.4 Å². The number of hydrogen-bond donors (Lipinski definition) is 2. The van der Waals surface area contributed by atoms with Crippen molar-refractivity contribution in [3.05, 3.63) is 0 Å². The van der Waals surface area contributed by atoms with Crippen LogP contribution in [0.15, 0.2) is 0 Å². The van der Waals surface area contributed by atoms with E-state index < -0.39 is 12.1 Å². The number of hydrogen-bond acceptors (Lipinski definition) is 4. The first-order valence-corrected chi connectivity index (χ1v) is 2.24. The average Bonchev–Trinajstić information content (AvgIpc) is 1.65. The quantitative estimate of drug-likeness (QED) is 0.495. The van der Waals surface area contributed by atoms with Crippen LogP contribution in [-0.2, 0) is 9.32 Å². The first-order chi connectivity index (χ1) is 3.18. The summed E-state index contributed by atoms with van der Waals surface area (Å²) >= 11 is 0. The highest BCUT2D eigenvalue weighted by molar-refractivity contribution is 7.10. The molecule has 0 heterocycles. The van der Waals surface area contributed by atoms with E-state index in [1.165, 1.54) is 6.92 Å². The summed E-state index contributed by atoms with van der Waals surface area (Å²) in [5.41, 5.74) is 0. The van der Waals surface area contributed by atoms with Gasteiger partial charge in [-0.1, -0.05) is 0 Å². The zero-order chi connectivity index (χ0) is 5.86. The lowest BCUT2D eigenvalue weighted by molar-refractivity contribution is -0.141. The zero-order valence-electron chi connectivity index (χ0n) is 4.63. The molecule has 4 N–H and O–H groups in total. The zero-order valence-corrected chi connectivity index (χ0v) is 5.78. The topological polar surface area (TPSA) is 81.5 Å². The van der Waals surface area contributed by atoms with Crippen LogP contribution < -0.4 is 6.15 Å². The molecule has 50 valence electrons. The third-order valence-corrected chi connectivity index (χ3v) is 0.690. The largest absolute Gasteiger partial charge is 0.450 e. The summed E-state index contributed by atoms with van der Waals surface area (Å²) in [6.45, 7) is 1.34. The van der Waals surface area contributed by atoms with Gasteiger partial charge in [0.15, 0.2) is 0 Å². The molecule has 2 atom stereocenters. The highest BCUT2D eigenvalue weighted by Gasteiger charge is 2.05. The van der Waals surface area contributed by atoms with Crippen LogP contribution >= 0.6 is 9.47 Å². The molecule has 0 aromatic carbocycles. The van der Waals surface area contributed by atoms with E-state index in [0.29, 0.717) is 0 Å². The standard InChI is InChI=1S/C3H7O3P.H3N/c1-2(4)3(5)6-7;/h2,4H,7H2,1H3;1H3. The fraction of sp³-hybridized carbons (Fsp3) is 0.667. The normalized spacial score (nSPS) is 11.4. The Bertz CT molecular complexity index is 74.9. The van der Waals surface area contributed by atoms with Crippen LogP contribution in [0, 0.1) is 0 Å². The van der Waals surface area contributed by atoms with Gasteiger partial charge in [0.05, 0.1) is 9.47 Å². The Morgan fingerprint density at radius 2 is 2.25 bits per heavy atom. The molecule has 4 nitrogen and oxygen atoms in total. The number of carbonyl (C=O) groups is 1. The van der Waals surface area contributed by atoms with Crippen molar-refractivity contribution in [2.75, 3.05) is 0 Å². The Kier molecular flexibility index (Phi) is 6.67. The van der Waals surface area contributed by atoms with E-state index in [1.54, 1.807) is 9.47 Å². The van der Waals surface area contributed by atoms with Crippen molar-refractivity contribution in [2.24, 2.45) is 0 Å². The highest BCUT2D eigenvalue weighted by Crippen LogP contribution is 1.90. The van der Waals surface area contributed by atoms with Crippen molar-refractivity contribution in [1.82, 2.24) is 6.15 Å². The summed E-state index contributed by atoms with van der Waals surface area (Å²) in [4.78, 5) is 10.0. The van der Waals surface area contributed by atoms with Crippen molar-refractivity contribution in [3.63, 3.8) is 0 Å². The SMILES string of the molecule is CC(O)C(=O)OP.N. The molecule has 0 aliphatic carbocycles. The Balaban J connectivity index is 0. The fourth-order valence-corrected chi connectivity index (χ4v) is 0.295. The van der Waals surface area contributed by atoms with Gasteiger partial charge < -0.3 is 15.8 Å². The van der Waals surface area contributed by atoms with Crippen molar-refractivity contribution in [3.8, 4) is 0 Å². The maximum atomic E-state index is 10.0.